The summed E-state index contributed by atoms with van der Waals surface area (Å²) in [6.45, 7) is 4.25. The third kappa shape index (κ3) is 1.19. The first-order valence-electron chi connectivity index (χ1n) is 3.88. The van der Waals surface area contributed by atoms with Crippen LogP contribution >= 0.6 is 0 Å². The van der Waals surface area contributed by atoms with Crippen LogP contribution in [0.15, 0.2) is 0 Å². The van der Waals surface area contributed by atoms with Gasteiger partial charge < -0.3 is 14.9 Å². The van der Waals surface area contributed by atoms with Gasteiger partial charge in [0.15, 0.2) is 5.92 Å². The van der Waals surface area contributed by atoms with E-state index in [0.717, 1.165) is 0 Å². The van der Waals surface area contributed by atoms with E-state index in [9.17, 15) is 14.7 Å². The molecular weight excluding hydrogens is 176 g/mol. The molecule has 1 rings (SSSR count). The maximum Gasteiger partial charge on any atom is 0.323 e. The van der Waals surface area contributed by atoms with Crippen molar-refractivity contribution in [2.45, 2.75) is 26.6 Å². The van der Waals surface area contributed by atoms with Crippen molar-refractivity contribution in [1.29, 1.82) is 0 Å². The van der Waals surface area contributed by atoms with Gasteiger partial charge in [0, 0.05) is 6.92 Å². The van der Waals surface area contributed by atoms with Crippen molar-refractivity contribution in [3.05, 3.63) is 0 Å². The zero-order chi connectivity index (χ0) is 10.4. The van der Waals surface area contributed by atoms with Crippen LogP contribution in [-0.2, 0) is 14.3 Å². The van der Waals surface area contributed by atoms with E-state index in [1.807, 2.05) is 0 Å². The fourth-order valence-electron chi connectivity index (χ4n) is 1.36. The van der Waals surface area contributed by atoms with Crippen molar-refractivity contribution >= 4 is 11.9 Å². The van der Waals surface area contributed by atoms with E-state index < -0.39 is 29.1 Å². The first kappa shape index (κ1) is 9.98. The lowest BCUT2D eigenvalue weighted by Gasteiger charge is -2.31. The molecule has 2 atom stereocenters. The van der Waals surface area contributed by atoms with Crippen molar-refractivity contribution < 1.29 is 24.5 Å². The van der Waals surface area contributed by atoms with Gasteiger partial charge in [-0.15, -0.1) is 0 Å². The molecule has 5 heteroatoms. The fourth-order valence-corrected chi connectivity index (χ4v) is 1.36. The van der Waals surface area contributed by atoms with E-state index in [0.29, 0.717) is 0 Å². The first-order valence-corrected chi connectivity index (χ1v) is 3.88. The quantitative estimate of drug-likeness (QED) is 0.446. The Bertz CT molecular complexity index is 266. The van der Waals surface area contributed by atoms with Gasteiger partial charge >= 0.3 is 11.9 Å². The SMILES string of the molecule is CC1(O)OC(=O)C(C(=O)O)C1(C)C. The number of aliphatic carboxylic acids is 1. The molecule has 0 aliphatic carbocycles. The molecular formula is C8H12O5. The Hall–Kier alpha value is -1.10. The molecule has 1 fully saturated rings. The highest BCUT2D eigenvalue weighted by Gasteiger charge is 2.61. The number of esters is 1. The molecule has 1 heterocycles. The monoisotopic (exact) mass is 188 g/mol. The summed E-state index contributed by atoms with van der Waals surface area (Å²) in [4.78, 5) is 21.8. The number of hydrogen-bond acceptors (Lipinski definition) is 4. The molecule has 0 aromatic heterocycles. The number of carboxylic acids is 1. The lowest BCUT2D eigenvalue weighted by Crippen LogP contribution is -2.43. The Morgan fingerprint density at radius 3 is 2.08 bits per heavy atom. The summed E-state index contributed by atoms with van der Waals surface area (Å²) in [6, 6.07) is 0. The minimum Gasteiger partial charge on any atom is -0.481 e. The van der Waals surface area contributed by atoms with Gasteiger partial charge in [0.1, 0.15) is 0 Å². The van der Waals surface area contributed by atoms with Crippen LogP contribution in [-0.4, -0.2) is 27.9 Å². The second-order valence-corrected chi connectivity index (χ2v) is 3.90. The maximum atomic E-state index is 11.1. The average molecular weight is 188 g/mol. The Kier molecular flexibility index (Phi) is 1.88. The lowest BCUT2D eigenvalue weighted by molar-refractivity contribution is -0.209. The van der Waals surface area contributed by atoms with Gasteiger partial charge in [-0.25, -0.2) is 0 Å². The van der Waals surface area contributed by atoms with Crippen LogP contribution in [0.3, 0.4) is 0 Å². The zero-order valence-corrected chi connectivity index (χ0v) is 7.70. The first-order chi connectivity index (χ1) is 5.70. The molecule has 0 radical (unpaired) electrons. The second kappa shape index (κ2) is 2.45. The van der Waals surface area contributed by atoms with E-state index in [4.69, 9.17) is 5.11 Å². The summed E-state index contributed by atoms with van der Waals surface area (Å²) in [7, 11) is 0. The van der Waals surface area contributed by atoms with Crippen molar-refractivity contribution in [3.63, 3.8) is 0 Å². The molecule has 5 nitrogen and oxygen atoms in total. The van der Waals surface area contributed by atoms with Crippen molar-refractivity contribution in [3.8, 4) is 0 Å². The molecule has 0 aromatic rings. The zero-order valence-electron chi connectivity index (χ0n) is 7.70. The maximum absolute atomic E-state index is 11.1. The van der Waals surface area contributed by atoms with Gasteiger partial charge in [0.05, 0.1) is 5.41 Å². The van der Waals surface area contributed by atoms with Crippen LogP contribution in [0, 0.1) is 11.3 Å². The number of carbonyl (C=O) groups excluding carboxylic acids is 1. The van der Waals surface area contributed by atoms with Crippen molar-refractivity contribution in [1.82, 2.24) is 0 Å². The third-order valence-electron chi connectivity index (χ3n) is 2.70. The van der Waals surface area contributed by atoms with Gasteiger partial charge in [-0.3, -0.25) is 9.59 Å². The molecule has 0 aromatic carbocycles. The highest BCUT2D eigenvalue weighted by molar-refractivity contribution is 5.96. The van der Waals surface area contributed by atoms with E-state index in [-0.39, 0.29) is 0 Å². The van der Waals surface area contributed by atoms with E-state index in [1.54, 1.807) is 0 Å². The van der Waals surface area contributed by atoms with E-state index >= 15 is 0 Å². The van der Waals surface area contributed by atoms with Gasteiger partial charge in [-0.2, -0.15) is 0 Å². The highest BCUT2D eigenvalue weighted by atomic mass is 16.7. The highest BCUT2D eigenvalue weighted by Crippen LogP contribution is 2.46. The third-order valence-corrected chi connectivity index (χ3v) is 2.70. The van der Waals surface area contributed by atoms with Crippen LogP contribution < -0.4 is 0 Å². The van der Waals surface area contributed by atoms with Crippen LogP contribution in [0.5, 0.6) is 0 Å². The number of carbonyl (C=O) groups is 2. The summed E-state index contributed by atoms with van der Waals surface area (Å²) in [6.07, 6.45) is 0. The number of cyclic esters (lactones) is 1. The number of rotatable bonds is 1. The minimum atomic E-state index is -1.72. The van der Waals surface area contributed by atoms with Crippen LogP contribution in [0.4, 0.5) is 0 Å². The summed E-state index contributed by atoms with van der Waals surface area (Å²) in [5.41, 5.74) is -1.12. The topological polar surface area (TPSA) is 83.8 Å². The number of aliphatic hydroxyl groups is 1. The average Bonchev–Trinajstić information content (AvgIpc) is 1.96. The van der Waals surface area contributed by atoms with E-state index in [2.05, 4.69) is 4.74 Å². The van der Waals surface area contributed by atoms with Gasteiger partial charge in [-0.1, -0.05) is 13.8 Å². The van der Waals surface area contributed by atoms with Crippen molar-refractivity contribution in [2.24, 2.45) is 11.3 Å². The second-order valence-electron chi connectivity index (χ2n) is 3.90. The number of ether oxygens (including phenoxy) is 1. The van der Waals surface area contributed by atoms with E-state index in [1.165, 1.54) is 20.8 Å². The predicted molar refractivity (Wildman–Crippen MR) is 41.6 cm³/mol. The molecule has 0 amide bonds. The Morgan fingerprint density at radius 1 is 1.46 bits per heavy atom. The van der Waals surface area contributed by atoms with Gasteiger partial charge in [0.25, 0.3) is 0 Å². The molecule has 0 bridgehead atoms. The molecule has 13 heavy (non-hydrogen) atoms. The Labute approximate surface area is 75.3 Å². The smallest absolute Gasteiger partial charge is 0.323 e. The summed E-state index contributed by atoms with van der Waals surface area (Å²) < 4.78 is 4.57. The molecule has 2 unspecified atom stereocenters. The molecule has 1 aliphatic rings. The molecule has 1 aliphatic heterocycles. The predicted octanol–water partition coefficient (Wildman–Crippen LogP) is -0.0213. The Morgan fingerprint density at radius 2 is 1.92 bits per heavy atom. The Balaban J connectivity index is 3.13. The van der Waals surface area contributed by atoms with Crippen LogP contribution in [0.2, 0.25) is 0 Å². The van der Waals surface area contributed by atoms with Crippen LogP contribution in [0.25, 0.3) is 0 Å². The van der Waals surface area contributed by atoms with Crippen molar-refractivity contribution in [2.75, 3.05) is 0 Å². The fraction of sp³-hybridized carbons (Fsp3) is 0.750. The standard InChI is InChI=1S/C8H12O5/c1-7(2)4(5(9)10)6(11)13-8(7,3)12/h4,12H,1-3H3,(H,9,10). The number of carboxylic acid groups (broad SMARTS) is 1. The lowest BCUT2D eigenvalue weighted by atomic mass is 9.75. The molecule has 74 valence electrons. The van der Waals surface area contributed by atoms with Crippen LogP contribution in [0.1, 0.15) is 20.8 Å². The van der Waals surface area contributed by atoms with Gasteiger partial charge in [0.2, 0.25) is 5.79 Å². The normalized spacial score (nSPS) is 37.2. The molecule has 0 spiro atoms. The molecule has 0 saturated carbocycles. The summed E-state index contributed by atoms with van der Waals surface area (Å²) in [5.74, 6) is -5.18. The minimum absolute atomic E-state index is 0.887. The summed E-state index contributed by atoms with van der Waals surface area (Å²) >= 11 is 0. The summed E-state index contributed by atoms with van der Waals surface area (Å²) in [5, 5.41) is 18.3. The largest absolute Gasteiger partial charge is 0.481 e. The molecule has 1 saturated heterocycles. The van der Waals surface area contributed by atoms with Gasteiger partial charge in [-0.05, 0) is 0 Å². The number of hydrogen-bond donors (Lipinski definition) is 2. The molecule has 2 N–H and O–H groups in total.